The van der Waals surface area contributed by atoms with E-state index in [0.717, 1.165) is 22.8 Å². The highest BCUT2D eigenvalue weighted by Crippen LogP contribution is 2.12. The number of rotatable bonds is 7. The van der Waals surface area contributed by atoms with Crippen LogP contribution < -0.4 is 5.32 Å². The fraction of sp³-hybridized carbons (Fsp3) is 0.267. The average Bonchev–Trinajstić information content (AvgIpc) is 2.91. The number of carbonyl (C=O) groups excluding carboxylic acids is 1. The summed E-state index contributed by atoms with van der Waals surface area (Å²) in [5.41, 5.74) is 0.929. The van der Waals surface area contributed by atoms with Gasteiger partial charge in [-0.1, -0.05) is 23.7 Å². The Morgan fingerprint density at radius 3 is 2.95 bits per heavy atom. The second-order valence-corrected chi connectivity index (χ2v) is 5.83. The van der Waals surface area contributed by atoms with Crippen LogP contribution in [0.2, 0.25) is 5.02 Å². The molecule has 0 bridgehead atoms. The van der Waals surface area contributed by atoms with Gasteiger partial charge in [-0.2, -0.15) is 11.8 Å². The van der Waals surface area contributed by atoms with Crippen LogP contribution in [0, 0.1) is 0 Å². The van der Waals surface area contributed by atoms with Crippen LogP contribution in [0.25, 0.3) is 0 Å². The van der Waals surface area contributed by atoms with Gasteiger partial charge in [-0.15, -0.1) is 0 Å². The van der Waals surface area contributed by atoms with E-state index in [1.807, 2.05) is 30.3 Å². The molecule has 0 aliphatic carbocycles. The molecule has 0 unspecified atom stereocenters. The van der Waals surface area contributed by atoms with Gasteiger partial charge in [0.1, 0.15) is 5.76 Å². The van der Waals surface area contributed by atoms with E-state index in [1.165, 1.54) is 0 Å². The largest absolute Gasteiger partial charge is 0.468 e. The van der Waals surface area contributed by atoms with Gasteiger partial charge in [0.15, 0.2) is 0 Å². The summed E-state index contributed by atoms with van der Waals surface area (Å²) in [5.74, 6) is 2.67. The average molecular weight is 310 g/mol. The molecule has 2 rings (SSSR count). The lowest BCUT2D eigenvalue weighted by Gasteiger charge is -2.05. The van der Waals surface area contributed by atoms with Gasteiger partial charge < -0.3 is 9.73 Å². The first-order chi connectivity index (χ1) is 9.74. The van der Waals surface area contributed by atoms with Crippen molar-refractivity contribution >= 4 is 29.3 Å². The zero-order valence-electron chi connectivity index (χ0n) is 11.0. The second-order valence-electron chi connectivity index (χ2n) is 4.29. The van der Waals surface area contributed by atoms with Crippen molar-refractivity contribution in [1.82, 2.24) is 5.32 Å². The van der Waals surface area contributed by atoms with Crippen LogP contribution >= 0.6 is 23.4 Å². The smallest absolute Gasteiger partial charge is 0.224 e. The Morgan fingerprint density at radius 1 is 1.30 bits per heavy atom. The first-order valence-corrected chi connectivity index (χ1v) is 7.88. The van der Waals surface area contributed by atoms with E-state index in [2.05, 4.69) is 5.32 Å². The topological polar surface area (TPSA) is 42.2 Å². The highest BCUT2D eigenvalue weighted by Gasteiger charge is 2.03. The van der Waals surface area contributed by atoms with Gasteiger partial charge >= 0.3 is 0 Å². The third kappa shape index (κ3) is 5.31. The summed E-state index contributed by atoms with van der Waals surface area (Å²) in [6.45, 7) is 0.658. The van der Waals surface area contributed by atoms with Crippen LogP contribution in [-0.4, -0.2) is 18.2 Å². The van der Waals surface area contributed by atoms with Gasteiger partial charge in [0.25, 0.3) is 0 Å². The van der Waals surface area contributed by atoms with Gasteiger partial charge in [0, 0.05) is 17.3 Å². The van der Waals surface area contributed by atoms with E-state index in [0.29, 0.717) is 18.0 Å². The standard InChI is InChI=1S/C15H16ClNO2S/c16-13-4-1-3-12(9-13)10-15(18)17-6-8-20-11-14-5-2-7-19-14/h1-5,7,9H,6,8,10-11H2,(H,17,18). The van der Waals surface area contributed by atoms with Crippen molar-refractivity contribution in [2.75, 3.05) is 12.3 Å². The van der Waals surface area contributed by atoms with Crippen LogP contribution in [0.1, 0.15) is 11.3 Å². The zero-order chi connectivity index (χ0) is 14.2. The molecule has 20 heavy (non-hydrogen) atoms. The molecule has 0 fully saturated rings. The monoisotopic (exact) mass is 309 g/mol. The van der Waals surface area contributed by atoms with Crippen molar-refractivity contribution < 1.29 is 9.21 Å². The normalized spacial score (nSPS) is 10.4. The quantitative estimate of drug-likeness (QED) is 0.796. The minimum absolute atomic E-state index is 0.0193. The van der Waals surface area contributed by atoms with E-state index in [1.54, 1.807) is 24.1 Å². The molecular weight excluding hydrogens is 294 g/mol. The van der Waals surface area contributed by atoms with Gasteiger partial charge in [-0.05, 0) is 29.8 Å². The summed E-state index contributed by atoms with van der Waals surface area (Å²) in [6, 6.07) is 11.2. The highest BCUT2D eigenvalue weighted by molar-refractivity contribution is 7.98. The Morgan fingerprint density at radius 2 is 2.20 bits per heavy atom. The molecule has 0 atom stereocenters. The van der Waals surface area contributed by atoms with Crippen LogP contribution in [0.3, 0.4) is 0 Å². The summed E-state index contributed by atoms with van der Waals surface area (Å²) in [7, 11) is 0. The lowest BCUT2D eigenvalue weighted by molar-refractivity contribution is -0.120. The van der Waals surface area contributed by atoms with Crippen molar-refractivity contribution in [1.29, 1.82) is 0 Å². The maximum absolute atomic E-state index is 11.7. The predicted octanol–water partition coefficient (Wildman–Crippen LogP) is 3.53. The molecule has 0 radical (unpaired) electrons. The van der Waals surface area contributed by atoms with E-state index in [-0.39, 0.29) is 5.91 Å². The molecule has 106 valence electrons. The molecule has 2 aromatic rings. The van der Waals surface area contributed by atoms with E-state index >= 15 is 0 Å². The van der Waals surface area contributed by atoms with Crippen molar-refractivity contribution in [3.8, 4) is 0 Å². The number of nitrogens with one attached hydrogen (secondary N) is 1. The number of hydrogen-bond donors (Lipinski definition) is 1. The number of benzene rings is 1. The van der Waals surface area contributed by atoms with Crippen LogP contribution in [-0.2, 0) is 17.0 Å². The number of carbonyl (C=O) groups is 1. The molecule has 1 heterocycles. The maximum Gasteiger partial charge on any atom is 0.224 e. The van der Waals surface area contributed by atoms with E-state index in [4.69, 9.17) is 16.0 Å². The molecule has 0 saturated carbocycles. The molecule has 0 aliphatic rings. The Balaban J connectivity index is 1.60. The van der Waals surface area contributed by atoms with E-state index in [9.17, 15) is 4.79 Å². The summed E-state index contributed by atoms with van der Waals surface area (Å²) in [6.07, 6.45) is 2.03. The Kier molecular flexibility index (Phi) is 6.02. The van der Waals surface area contributed by atoms with Gasteiger partial charge in [0.05, 0.1) is 18.4 Å². The van der Waals surface area contributed by atoms with Crippen molar-refractivity contribution in [3.05, 3.63) is 59.0 Å². The lowest BCUT2D eigenvalue weighted by atomic mass is 10.1. The number of amides is 1. The van der Waals surface area contributed by atoms with Crippen LogP contribution in [0.5, 0.6) is 0 Å². The third-order valence-electron chi connectivity index (χ3n) is 2.65. The molecule has 1 amide bonds. The Labute approximate surface area is 127 Å². The van der Waals surface area contributed by atoms with Crippen LogP contribution in [0.4, 0.5) is 0 Å². The summed E-state index contributed by atoms with van der Waals surface area (Å²) < 4.78 is 5.23. The molecular formula is C15H16ClNO2S. The highest BCUT2D eigenvalue weighted by atomic mass is 35.5. The summed E-state index contributed by atoms with van der Waals surface area (Å²) >= 11 is 7.61. The number of hydrogen-bond acceptors (Lipinski definition) is 3. The molecule has 0 saturated heterocycles. The molecule has 0 spiro atoms. The van der Waals surface area contributed by atoms with Gasteiger partial charge in [-0.25, -0.2) is 0 Å². The fourth-order valence-electron chi connectivity index (χ4n) is 1.72. The van der Waals surface area contributed by atoms with Crippen molar-refractivity contribution in [2.24, 2.45) is 0 Å². The minimum Gasteiger partial charge on any atom is -0.468 e. The SMILES string of the molecule is O=C(Cc1cccc(Cl)c1)NCCSCc1ccco1. The van der Waals surface area contributed by atoms with Crippen LogP contribution in [0.15, 0.2) is 47.1 Å². The summed E-state index contributed by atoms with van der Waals surface area (Å²) in [4.78, 5) is 11.7. The Hall–Kier alpha value is -1.39. The second kappa shape index (κ2) is 8.02. The van der Waals surface area contributed by atoms with Gasteiger partial charge in [-0.3, -0.25) is 4.79 Å². The summed E-state index contributed by atoms with van der Waals surface area (Å²) in [5, 5.41) is 3.55. The predicted molar refractivity (Wildman–Crippen MR) is 83.0 cm³/mol. The molecule has 5 heteroatoms. The van der Waals surface area contributed by atoms with Gasteiger partial charge in [0.2, 0.25) is 5.91 Å². The van der Waals surface area contributed by atoms with Crippen molar-refractivity contribution in [3.63, 3.8) is 0 Å². The maximum atomic E-state index is 11.7. The van der Waals surface area contributed by atoms with Crippen molar-refractivity contribution in [2.45, 2.75) is 12.2 Å². The van der Waals surface area contributed by atoms with E-state index < -0.39 is 0 Å². The number of furan rings is 1. The number of halogens is 1. The molecule has 3 nitrogen and oxygen atoms in total. The minimum atomic E-state index is 0.0193. The molecule has 0 aliphatic heterocycles. The third-order valence-corrected chi connectivity index (χ3v) is 3.86. The Bertz CT molecular complexity index is 543. The first-order valence-electron chi connectivity index (χ1n) is 6.35. The molecule has 1 aromatic carbocycles. The lowest BCUT2D eigenvalue weighted by Crippen LogP contribution is -2.27. The fourth-order valence-corrected chi connectivity index (χ4v) is 2.69. The molecule has 1 aromatic heterocycles. The molecule has 1 N–H and O–H groups in total. The number of thioether (sulfide) groups is 1. The first kappa shape index (κ1) is 15.0. The zero-order valence-corrected chi connectivity index (χ0v) is 12.5.